The number of aryl methyl sites for hydroxylation is 2. The summed E-state index contributed by atoms with van der Waals surface area (Å²) in [4.78, 5) is 39.3. The van der Waals surface area contributed by atoms with Crippen LogP contribution in [0.1, 0.15) is 40.4 Å². The maximum atomic E-state index is 13.0. The molecular formula is C22H22N2O5S. The van der Waals surface area contributed by atoms with E-state index >= 15 is 0 Å². The van der Waals surface area contributed by atoms with Crippen LogP contribution in [0, 0.1) is 0 Å². The summed E-state index contributed by atoms with van der Waals surface area (Å²) in [5.74, 6) is -0.848. The normalized spacial score (nSPS) is 20.9. The Morgan fingerprint density at radius 3 is 2.40 bits per heavy atom. The van der Waals surface area contributed by atoms with Crippen molar-refractivity contribution in [3.63, 3.8) is 0 Å². The number of fused-ring (bicyclic) bond motifs is 1. The van der Waals surface area contributed by atoms with Gasteiger partial charge in [-0.15, -0.1) is 0 Å². The molecule has 1 fully saturated rings. The van der Waals surface area contributed by atoms with Crippen molar-refractivity contribution in [3.8, 4) is 0 Å². The highest BCUT2D eigenvalue weighted by Crippen LogP contribution is 2.30. The smallest absolute Gasteiger partial charge is 0.319 e. The maximum Gasteiger partial charge on any atom is 0.325 e. The molecule has 1 atom stereocenters. The summed E-state index contributed by atoms with van der Waals surface area (Å²) in [6, 6.07) is 10.7. The van der Waals surface area contributed by atoms with Gasteiger partial charge in [0, 0.05) is 11.8 Å². The van der Waals surface area contributed by atoms with Gasteiger partial charge in [-0.2, -0.15) is 0 Å². The molecule has 4 rings (SSSR count). The number of rotatable bonds is 5. The third kappa shape index (κ3) is 3.41. The topological polar surface area (TPSA) is 101 Å². The van der Waals surface area contributed by atoms with Crippen molar-refractivity contribution in [2.45, 2.75) is 36.6 Å². The lowest BCUT2D eigenvalue weighted by Gasteiger charge is -2.22. The van der Waals surface area contributed by atoms with Gasteiger partial charge in [-0.3, -0.25) is 14.5 Å². The van der Waals surface area contributed by atoms with E-state index in [1.165, 1.54) is 29.8 Å². The fourth-order valence-corrected chi connectivity index (χ4v) is 4.68. The number of nitrogens with one attached hydrogen (secondary N) is 1. The van der Waals surface area contributed by atoms with Gasteiger partial charge in [0.05, 0.1) is 11.4 Å². The number of amides is 3. The van der Waals surface area contributed by atoms with Crippen LogP contribution in [-0.4, -0.2) is 43.8 Å². The predicted molar refractivity (Wildman–Crippen MR) is 110 cm³/mol. The van der Waals surface area contributed by atoms with E-state index in [4.69, 9.17) is 0 Å². The van der Waals surface area contributed by atoms with E-state index < -0.39 is 27.3 Å². The van der Waals surface area contributed by atoms with Gasteiger partial charge in [0.2, 0.25) is 0 Å². The van der Waals surface area contributed by atoms with E-state index in [9.17, 15) is 22.8 Å². The van der Waals surface area contributed by atoms with Crippen molar-refractivity contribution in [2.75, 3.05) is 12.8 Å². The van der Waals surface area contributed by atoms with Gasteiger partial charge in [0.25, 0.3) is 5.91 Å². The standard InChI is InChI=1S/C22H22N2O5S/c1-22(17-8-10-18(11-9-17)30(2,28)29)20(26)24(21(27)23-22)13-19(25)16-7-6-14-4-3-5-15(14)12-16/h6-12H,3-5,13H2,1-2H3,(H,23,27). The monoisotopic (exact) mass is 426 g/mol. The highest BCUT2D eigenvalue weighted by molar-refractivity contribution is 7.90. The molecule has 2 aromatic carbocycles. The summed E-state index contributed by atoms with van der Waals surface area (Å²) in [6.07, 6.45) is 4.10. The van der Waals surface area contributed by atoms with Crippen LogP contribution < -0.4 is 5.32 Å². The molecule has 2 aliphatic rings. The SMILES string of the molecule is CC1(c2ccc(S(C)(=O)=O)cc2)NC(=O)N(CC(=O)c2ccc3c(c2)CCC3)C1=O. The zero-order valence-corrected chi connectivity index (χ0v) is 17.6. The molecule has 1 unspecified atom stereocenters. The molecule has 3 amide bonds. The Balaban J connectivity index is 1.55. The number of imide groups is 1. The van der Waals surface area contributed by atoms with Gasteiger partial charge < -0.3 is 5.32 Å². The van der Waals surface area contributed by atoms with Crippen molar-refractivity contribution >= 4 is 27.6 Å². The number of urea groups is 1. The van der Waals surface area contributed by atoms with Crippen molar-refractivity contribution in [1.29, 1.82) is 0 Å². The number of sulfone groups is 1. The molecule has 0 bridgehead atoms. The summed E-state index contributed by atoms with van der Waals surface area (Å²) >= 11 is 0. The number of nitrogens with zero attached hydrogens (tertiary/aromatic N) is 1. The number of Topliss-reactive ketones (excluding diaryl/α,β-unsaturated/α-hetero) is 1. The fourth-order valence-electron chi connectivity index (χ4n) is 4.05. The highest BCUT2D eigenvalue weighted by atomic mass is 32.2. The first kappa shape index (κ1) is 20.3. The molecule has 7 nitrogen and oxygen atoms in total. The second-order valence-electron chi connectivity index (χ2n) is 8.00. The third-order valence-electron chi connectivity index (χ3n) is 5.86. The molecule has 8 heteroatoms. The van der Waals surface area contributed by atoms with Gasteiger partial charge in [-0.1, -0.05) is 24.3 Å². The van der Waals surface area contributed by atoms with Crippen LogP contribution >= 0.6 is 0 Å². The minimum Gasteiger partial charge on any atom is -0.319 e. The van der Waals surface area contributed by atoms with Crippen LogP contribution in [-0.2, 0) is 33.0 Å². The summed E-state index contributed by atoms with van der Waals surface area (Å²) in [6.45, 7) is 1.20. The van der Waals surface area contributed by atoms with E-state index in [-0.39, 0.29) is 17.2 Å². The van der Waals surface area contributed by atoms with Gasteiger partial charge >= 0.3 is 6.03 Å². The van der Waals surface area contributed by atoms with Crippen LogP contribution in [0.4, 0.5) is 4.79 Å². The Morgan fingerprint density at radius 1 is 1.07 bits per heavy atom. The summed E-state index contributed by atoms with van der Waals surface area (Å²) in [7, 11) is -3.38. The first-order chi connectivity index (χ1) is 14.1. The number of hydrogen-bond acceptors (Lipinski definition) is 5. The Hall–Kier alpha value is -3.00. The van der Waals surface area contributed by atoms with Crippen molar-refractivity contribution in [1.82, 2.24) is 10.2 Å². The van der Waals surface area contributed by atoms with Gasteiger partial charge in [-0.05, 0) is 61.1 Å². The predicted octanol–water partition coefficient (Wildman–Crippen LogP) is 2.23. The fraction of sp³-hybridized carbons (Fsp3) is 0.318. The molecule has 30 heavy (non-hydrogen) atoms. The van der Waals surface area contributed by atoms with Gasteiger partial charge in [0.15, 0.2) is 15.6 Å². The molecule has 0 radical (unpaired) electrons. The van der Waals surface area contributed by atoms with Crippen LogP contribution in [0.25, 0.3) is 0 Å². The van der Waals surface area contributed by atoms with Crippen LogP contribution in [0.3, 0.4) is 0 Å². The molecule has 1 aliphatic heterocycles. The Labute approximate surface area is 175 Å². The summed E-state index contributed by atoms with van der Waals surface area (Å²) in [5.41, 5.74) is 1.95. The molecule has 156 valence electrons. The first-order valence-corrected chi connectivity index (χ1v) is 11.6. The molecule has 1 saturated heterocycles. The lowest BCUT2D eigenvalue weighted by molar-refractivity contribution is -0.130. The van der Waals surface area contributed by atoms with Crippen LogP contribution in [0.15, 0.2) is 47.4 Å². The zero-order chi connectivity index (χ0) is 21.7. The molecule has 1 N–H and O–H groups in total. The van der Waals surface area contributed by atoms with Crippen molar-refractivity contribution in [3.05, 3.63) is 64.7 Å². The summed E-state index contributed by atoms with van der Waals surface area (Å²) in [5, 5.41) is 2.64. The van der Waals surface area contributed by atoms with E-state index in [2.05, 4.69) is 5.32 Å². The Kier molecular flexibility index (Phi) is 4.77. The molecule has 0 spiro atoms. The maximum absolute atomic E-state index is 13.0. The largest absolute Gasteiger partial charge is 0.325 e. The van der Waals surface area contributed by atoms with Crippen molar-refractivity contribution < 1.29 is 22.8 Å². The lowest BCUT2D eigenvalue weighted by atomic mass is 9.92. The molecule has 1 aliphatic carbocycles. The second-order valence-corrected chi connectivity index (χ2v) is 10.0. The Bertz CT molecular complexity index is 1170. The van der Waals surface area contributed by atoms with E-state index in [1.807, 2.05) is 12.1 Å². The third-order valence-corrected chi connectivity index (χ3v) is 6.99. The number of benzene rings is 2. The number of carbonyl (C=O) groups excluding carboxylic acids is 3. The van der Waals surface area contributed by atoms with Gasteiger partial charge in [0.1, 0.15) is 5.54 Å². The minimum absolute atomic E-state index is 0.121. The summed E-state index contributed by atoms with van der Waals surface area (Å²) < 4.78 is 23.3. The van der Waals surface area contributed by atoms with Crippen LogP contribution in [0.2, 0.25) is 0 Å². The zero-order valence-electron chi connectivity index (χ0n) is 16.8. The number of hydrogen-bond donors (Lipinski definition) is 1. The average Bonchev–Trinajstić information content (AvgIpc) is 3.25. The van der Waals surface area contributed by atoms with Crippen molar-refractivity contribution in [2.24, 2.45) is 0 Å². The quantitative estimate of drug-likeness (QED) is 0.584. The molecular weight excluding hydrogens is 404 g/mol. The lowest BCUT2D eigenvalue weighted by Crippen LogP contribution is -2.41. The number of ketones is 1. The average molecular weight is 426 g/mol. The van der Waals surface area contributed by atoms with E-state index in [1.54, 1.807) is 13.0 Å². The Morgan fingerprint density at radius 2 is 1.73 bits per heavy atom. The molecule has 2 aromatic rings. The molecule has 0 aromatic heterocycles. The van der Waals surface area contributed by atoms with Crippen LogP contribution in [0.5, 0.6) is 0 Å². The minimum atomic E-state index is -3.38. The molecule has 1 heterocycles. The second kappa shape index (κ2) is 7.05. The first-order valence-electron chi connectivity index (χ1n) is 9.69. The highest BCUT2D eigenvalue weighted by Gasteiger charge is 2.49. The molecule has 0 saturated carbocycles. The van der Waals surface area contributed by atoms with Gasteiger partial charge in [-0.25, -0.2) is 13.2 Å². The van der Waals surface area contributed by atoms with E-state index in [0.29, 0.717) is 11.1 Å². The number of carbonyl (C=O) groups is 3. The van der Waals surface area contributed by atoms with E-state index in [0.717, 1.165) is 36.0 Å².